The highest BCUT2D eigenvalue weighted by atomic mass is 35.5. The fraction of sp³-hybridized carbons (Fsp3) is 0.167. The van der Waals surface area contributed by atoms with Gasteiger partial charge in [-0.1, -0.05) is 17.7 Å². The molecule has 2 heterocycles. The third-order valence-electron chi connectivity index (χ3n) is 2.18. The van der Waals surface area contributed by atoms with Crippen molar-refractivity contribution in [3.8, 4) is 0 Å². The molecule has 0 aromatic carbocycles. The number of pyridine rings is 2. The first-order valence-corrected chi connectivity index (χ1v) is 5.39. The lowest BCUT2D eigenvalue weighted by molar-refractivity contribution is 1.01. The molecule has 0 atom stereocenters. The largest absolute Gasteiger partial charge is 0.378 e. The second kappa shape index (κ2) is 4.94. The molecule has 0 saturated heterocycles. The molecule has 0 saturated carbocycles. The van der Waals surface area contributed by atoms with Crippen molar-refractivity contribution in [3.05, 3.63) is 53.1 Å². The van der Waals surface area contributed by atoms with Gasteiger partial charge in [0.1, 0.15) is 0 Å². The third-order valence-corrected chi connectivity index (χ3v) is 2.48. The fourth-order valence-electron chi connectivity index (χ4n) is 1.40. The molecule has 4 heteroatoms. The van der Waals surface area contributed by atoms with Crippen LogP contribution < -0.4 is 5.32 Å². The first-order chi connectivity index (χ1) is 7.75. The summed E-state index contributed by atoms with van der Waals surface area (Å²) in [5.41, 5.74) is 2.88. The molecule has 0 aliphatic heterocycles. The van der Waals surface area contributed by atoms with Crippen molar-refractivity contribution in [2.75, 3.05) is 5.32 Å². The summed E-state index contributed by atoms with van der Waals surface area (Å²) < 4.78 is 0. The summed E-state index contributed by atoms with van der Waals surface area (Å²) in [6, 6.07) is 7.80. The number of anilines is 1. The highest BCUT2D eigenvalue weighted by Gasteiger charge is 1.99. The number of aryl methyl sites for hydroxylation is 1. The van der Waals surface area contributed by atoms with Crippen molar-refractivity contribution >= 4 is 17.3 Å². The van der Waals surface area contributed by atoms with E-state index in [1.54, 1.807) is 12.4 Å². The summed E-state index contributed by atoms with van der Waals surface area (Å²) in [5.74, 6) is 0. The van der Waals surface area contributed by atoms with Crippen molar-refractivity contribution in [1.82, 2.24) is 9.97 Å². The van der Waals surface area contributed by atoms with E-state index in [-0.39, 0.29) is 0 Å². The molecule has 0 bridgehead atoms. The van der Waals surface area contributed by atoms with E-state index in [9.17, 15) is 0 Å². The Hall–Kier alpha value is -1.61. The molecule has 2 aromatic heterocycles. The lowest BCUT2D eigenvalue weighted by Crippen LogP contribution is -2.02. The summed E-state index contributed by atoms with van der Waals surface area (Å²) in [5, 5.41) is 3.84. The summed E-state index contributed by atoms with van der Waals surface area (Å²) in [4.78, 5) is 8.32. The number of hydrogen-bond acceptors (Lipinski definition) is 3. The van der Waals surface area contributed by atoms with E-state index < -0.39 is 0 Å². The van der Waals surface area contributed by atoms with Crippen LogP contribution in [0.5, 0.6) is 0 Å². The number of nitrogens with one attached hydrogen (secondary N) is 1. The van der Waals surface area contributed by atoms with E-state index in [0.29, 0.717) is 11.6 Å². The first kappa shape index (κ1) is 10.9. The molecule has 82 valence electrons. The molecule has 0 amide bonds. The maximum Gasteiger partial charge on any atom is 0.0820 e. The van der Waals surface area contributed by atoms with Crippen LogP contribution in [0.2, 0.25) is 5.02 Å². The first-order valence-electron chi connectivity index (χ1n) is 5.01. The van der Waals surface area contributed by atoms with Gasteiger partial charge in [-0.3, -0.25) is 9.97 Å². The van der Waals surface area contributed by atoms with Crippen LogP contribution >= 0.6 is 11.6 Å². The van der Waals surface area contributed by atoms with Crippen LogP contribution in [0.15, 0.2) is 36.7 Å². The van der Waals surface area contributed by atoms with Crippen molar-refractivity contribution in [1.29, 1.82) is 0 Å². The van der Waals surface area contributed by atoms with Gasteiger partial charge in [-0.2, -0.15) is 0 Å². The number of halogens is 1. The van der Waals surface area contributed by atoms with Gasteiger partial charge in [0.15, 0.2) is 0 Å². The molecule has 3 nitrogen and oxygen atoms in total. The van der Waals surface area contributed by atoms with Gasteiger partial charge < -0.3 is 5.32 Å². The van der Waals surface area contributed by atoms with Gasteiger partial charge >= 0.3 is 0 Å². The van der Waals surface area contributed by atoms with E-state index in [1.807, 2.05) is 31.2 Å². The molecule has 0 aliphatic rings. The van der Waals surface area contributed by atoms with Crippen molar-refractivity contribution in [3.63, 3.8) is 0 Å². The quantitative estimate of drug-likeness (QED) is 0.886. The maximum atomic E-state index is 5.98. The minimum atomic E-state index is 0.621. The smallest absolute Gasteiger partial charge is 0.0820 e. The minimum absolute atomic E-state index is 0.621. The molecule has 2 aromatic rings. The van der Waals surface area contributed by atoms with Crippen molar-refractivity contribution in [2.24, 2.45) is 0 Å². The van der Waals surface area contributed by atoms with Crippen molar-refractivity contribution < 1.29 is 0 Å². The predicted octanol–water partition coefficient (Wildman–Crippen LogP) is 3.05. The Morgan fingerprint density at radius 1 is 1.31 bits per heavy atom. The molecular formula is C12H12ClN3. The van der Waals surface area contributed by atoms with Crippen LogP contribution in [0.3, 0.4) is 0 Å². The van der Waals surface area contributed by atoms with Gasteiger partial charge in [-0.05, 0) is 25.1 Å². The Morgan fingerprint density at radius 3 is 2.94 bits per heavy atom. The molecule has 0 spiro atoms. The summed E-state index contributed by atoms with van der Waals surface area (Å²) in [6.45, 7) is 2.63. The molecule has 2 rings (SSSR count). The van der Waals surface area contributed by atoms with Crippen LogP contribution in [0.4, 0.5) is 5.69 Å². The number of nitrogens with zero attached hydrogens (tertiary/aromatic N) is 2. The van der Waals surface area contributed by atoms with E-state index in [4.69, 9.17) is 11.6 Å². The second-order valence-corrected chi connectivity index (χ2v) is 3.89. The summed E-state index contributed by atoms with van der Waals surface area (Å²) in [7, 11) is 0. The van der Waals surface area contributed by atoms with Gasteiger partial charge in [0.25, 0.3) is 0 Å². The molecule has 0 radical (unpaired) electrons. The van der Waals surface area contributed by atoms with E-state index >= 15 is 0 Å². The number of aromatic nitrogens is 2. The van der Waals surface area contributed by atoms with Gasteiger partial charge in [0.2, 0.25) is 0 Å². The number of rotatable bonds is 3. The molecule has 0 unspecified atom stereocenters. The van der Waals surface area contributed by atoms with Gasteiger partial charge in [-0.15, -0.1) is 0 Å². The third kappa shape index (κ3) is 2.70. The van der Waals surface area contributed by atoms with E-state index in [2.05, 4.69) is 15.3 Å². The molecule has 1 N–H and O–H groups in total. The Balaban J connectivity index is 2.05. The zero-order chi connectivity index (χ0) is 11.4. The van der Waals surface area contributed by atoms with Crippen LogP contribution in [0.25, 0.3) is 0 Å². The zero-order valence-electron chi connectivity index (χ0n) is 8.94. The van der Waals surface area contributed by atoms with E-state index in [1.165, 1.54) is 0 Å². The van der Waals surface area contributed by atoms with Crippen LogP contribution in [0.1, 0.15) is 11.4 Å². The SMILES string of the molecule is Cc1cccc(CNc2ccncc2Cl)n1. The standard InChI is InChI=1S/C12H12ClN3/c1-9-3-2-4-10(16-9)7-15-12-5-6-14-8-11(12)13/h2-6,8H,7H2,1H3,(H,14,15). The molecule has 0 aliphatic carbocycles. The Kier molecular flexibility index (Phi) is 3.37. The summed E-state index contributed by atoms with van der Waals surface area (Å²) >= 11 is 5.98. The van der Waals surface area contributed by atoms with Crippen LogP contribution in [-0.2, 0) is 6.54 Å². The normalized spacial score (nSPS) is 10.1. The lowest BCUT2D eigenvalue weighted by atomic mass is 10.3. The average molecular weight is 234 g/mol. The Bertz CT molecular complexity index is 485. The number of hydrogen-bond donors (Lipinski definition) is 1. The molecule has 0 fully saturated rings. The minimum Gasteiger partial charge on any atom is -0.378 e. The zero-order valence-corrected chi connectivity index (χ0v) is 9.70. The maximum absolute atomic E-state index is 5.98. The van der Waals surface area contributed by atoms with Crippen LogP contribution in [-0.4, -0.2) is 9.97 Å². The Labute approximate surface area is 99.5 Å². The van der Waals surface area contributed by atoms with Crippen molar-refractivity contribution in [2.45, 2.75) is 13.5 Å². The Morgan fingerprint density at radius 2 is 2.19 bits per heavy atom. The van der Waals surface area contributed by atoms with E-state index in [0.717, 1.165) is 17.1 Å². The highest BCUT2D eigenvalue weighted by Crippen LogP contribution is 2.19. The summed E-state index contributed by atoms with van der Waals surface area (Å²) in [6.07, 6.45) is 3.32. The van der Waals surface area contributed by atoms with Crippen LogP contribution in [0, 0.1) is 6.92 Å². The van der Waals surface area contributed by atoms with Gasteiger partial charge in [-0.25, -0.2) is 0 Å². The highest BCUT2D eigenvalue weighted by molar-refractivity contribution is 6.33. The van der Waals surface area contributed by atoms with Gasteiger partial charge in [0.05, 0.1) is 22.9 Å². The predicted molar refractivity (Wildman–Crippen MR) is 65.5 cm³/mol. The fourth-order valence-corrected chi connectivity index (χ4v) is 1.59. The lowest BCUT2D eigenvalue weighted by Gasteiger charge is -2.07. The topological polar surface area (TPSA) is 37.8 Å². The monoisotopic (exact) mass is 233 g/mol. The average Bonchev–Trinajstić information content (AvgIpc) is 2.28. The van der Waals surface area contributed by atoms with Gasteiger partial charge in [0, 0.05) is 18.1 Å². The second-order valence-electron chi connectivity index (χ2n) is 3.48. The molecule has 16 heavy (non-hydrogen) atoms. The molecular weight excluding hydrogens is 222 g/mol.